The minimum atomic E-state index is -0.381. The summed E-state index contributed by atoms with van der Waals surface area (Å²) in [5.41, 5.74) is 6.82. The molecular formula is C21H24N2O2. The van der Waals surface area contributed by atoms with Crippen LogP contribution < -0.4 is 5.32 Å². The topological polar surface area (TPSA) is 55.2 Å². The lowest BCUT2D eigenvalue weighted by Gasteiger charge is -2.08. The number of nitro benzene ring substituents is 1. The molecule has 0 spiro atoms. The van der Waals surface area contributed by atoms with Gasteiger partial charge in [0.2, 0.25) is 0 Å². The van der Waals surface area contributed by atoms with Crippen molar-refractivity contribution in [2.45, 2.75) is 38.5 Å². The predicted molar refractivity (Wildman–Crippen MR) is 103 cm³/mol. The standard InChI is InChI=1S/C11H15N.C10H9NO2/c1-8-3-6-11(12-2)10(7-8)9-4-5-9;12-11(13)10-5-3-9(4-6-10)7-8-1-2-8/h3,6-7,9,12H,4-5H2,1-2H3;3-7H,1-2H2. The van der Waals surface area contributed by atoms with Crippen LogP contribution in [0, 0.1) is 17.0 Å². The molecule has 0 radical (unpaired) electrons. The molecule has 2 aliphatic rings. The van der Waals surface area contributed by atoms with Crippen LogP contribution in [-0.4, -0.2) is 12.0 Å². The molecule has 0 unspecified atom stereocenters. The molecule has 0 saturated heterocycles. The second-order valence-electron chi connectivity index (χ2n) is 6.77. The first-order valence-corrected chi connectivity index (χ1v) is 8.79. The average molecular weight is 336 g/mol. The molecule has 25 heavy (non-hydrogen) atoms. The van der Waals surface area contributed by atoms with Gasteiger partial charge in [0, 0.05) is 24.9 Å². The van der Waals surface area contributed by atoms with Crippen molar-refractivity contribution < 1.29 is 4.92 Å². The summed E-state index contributed by atoms with van der Waals surface area (Å²) in [6.45, 7) is 2.16. The van der Waals surface area contributed by atoms with Gasteiger partial charge in [-0.15, -0.1) is 0 Å². The van der Waals surface area contributed by atoms with Gasteiger partial charge in [0.05, 0.1) is 4.92 Å². The van der Waals surface area contributed by atoms with Crippen LogP contribution in [0.2, 0.25) is 0 Å². The zero-order valence-corrected chi connectivity index (χ0v) is 14.8. The minimum Gasteiger partial charge on any atom is -0.388 e. The average Bonchev–Trinajstić information content (AvgIpc) is 3.50. The summed E-state index contributed by atoms with van der Waals surface area (Å²) in [5.74, 6) is 0.840. The van der Waals surface area contributed by atoms with Crippen molar-refractivity contribution in [1.29, 1.82) is 0 Å². The number of allylic oxidation sites excluding steroid dienone is 1. The molecule has 2 saturated carbocycles. The first-order valence-electron chi connectivity index (χ1n) is 8.79. The first kappa shape index (κ1) is 17.2. The molecule has 4 heteroatoms. The quantitative estimate of drug-likeness (QED) is 0.577. The summed E-state index contributed by atoms with van der Waals surface area (Å²) in [6.07, 6.45) is 7.19. The van der Waals surface area contributed by atoms with Gasteiger partial charge in [-0.3, -0.25) is 10.1 Å². The van der Waals surface area contributed by atoms with Crippen molar-refractivity contribution in [2.24, 2.45) is 0 Å². The monoisotopic (exact) mass is 336 g/mol. The highest BCUT2D eigenvalue weighted by atomic mass is 16.6. The molecule has 0 aromatic heterocycles. The summed E-state index contributed by atoms with van der Waals surface area (Å²) >= 11 is 0. The van der Waals surface area contributed by atoms with Crippen LogP contribution in [-0.2, 0) is 0 Å². The van der Waals surface area contributed by atoms with Gasteiger partial charge in [0.15, 0.2) is 0 Å². The van der Waals surface area contributed by atoms with Gasteiger partial charge in [0.1, 0.15) is 0 Å². The number of nitro groups is 1. The van der Waals surface area contributed by atoms with Gasteiger partial charge in [0.25, 0.3) is 5.69 Å². The van der Waals surface area contributed by atoms with E-state index in [2.05, 4.69) is 36.5 Å². The molecule has 2 fully saturated rings. The molecule has 4 rings (SSSR count). The summed E-state index contributed by atoms with van der Waals surface area (Å²) in [4.78, 5) is 9.96. The molecule has 4 nitrogen and oxygen atoms in total. The lowest BCUT2D eigenvalue weighted by atomic mass is 10.1. The van der Waals surface area contributed by atoms with Gasteiger partial charge in [-0.05, 0) is 67.9 Å². The molecule has 0 aliphatic heterocycles. The Balaban J connectivity index is 0.000000146. The maximum Gasteiger partial charge on any atom is 0.269 e. The molecule has 2 aliphatic carbocycles. The number of rotatable bonds is 4. The van der Waals surface area contributed by atoms with Crippen LogP contribution in [0.4, 0.5) is 11.4 Å². The highest BCUT2D eigenvalue weighted by molar-refractivity contribution is 5.57. The highest BCUT2D eigenvalue weighted by Crippen LogP contribution is 2.43. The number of anilines is 1. The molecular weight excluding hydrogens is 312 g/mol. The first-order chi connectivity index (χ1) is 12.1. The largest absolute Gasteiger partial charge is 0.388 e. The SMILES string of the molecule is CNc1ccc(C)cc1C1CC1.O=[N+]([O-])c1ccc(C=C2CC2)cc1. The summed E-state index contributed by atoms with van der Waals surface area (Å²) < 4.78 is 0. The van der Waals surface area contributed by atoms with Crippen molar-refractivity contribution >= 4 is 17.5 Å². The Hall–Kier alpha value is -2.62. The zero-order chi connectivity index (χ0) is 17.8. The van der Waals surface area contributed by atoms with E-state index in [0.717, 1.165) is 11.5 Å². The molecule has 2 aromatic carbocycles. The van der Waals surface area contributed by atoms with Crippen molar-refractivity contribution in [3.05, 3.63) is 74.8 Å². The Labute approximate surface area is 148 Å². The van der Waals surface area contributed by atoms with E-state index in [1.54, 1.807) is 12.1 Å². The van der Waals surface area contributed by atoms with E-state index in [1.165, 1.54) is 60.2 Å². The number of nitrogens with one attached hydrogen (secondary N) is 1. The smallest absolute Gasteiger partial charge is 0.269 e. The molecule has 130 valence electrons. The van der Waals surface area contributed by atoms with Crippen LogP contribution in [0.25, 0.3) is 6.08 Å². The number of hydrogen-bond donors (Lipinski definition) is 1. The Morgan fingerprint density at radius 1 is 1.12 bits per heavy atom. The maximum absolute atomic E-state index is 10.3. The lowest BCUT2D eigenvalue weighted by Crippen LogP contribution is -1.94. The Morgan fingerprint density at radius 3 is 2.32 bits per heavy atom. The van der Waals surface area contributed by atoms with Crippen molar-refractivity contribution in [1.82, 2.24) is 0 Å². The number of benzene rings is 2. The fourth-order valence-electron chi connectivity index (χ4n) is 2.79. The van der Waals surface area contributed by atoms with Crippen molar-refractivity contribution in [2.75, 3.05) is 12.4 Å². The third-order valence-corrected chi connectivity index (χ3v) is 4.51. The third kappa shape index (κ3) is 4.92. The fraction of sp³-hybridized carbons (Fsp3) is 0.333. The lowest BCUT2D eigenvalue weighted by molar-refractivity contribution is -0.384. The van der Waals surface area contributed by atoms with Gasteiger partial charge < -0.3 is 5.32 Å². The van der Waals surface area contributed by atoms with E-state index < -0.39 is 0 Å². The Bertz CT molecular complexity index is 784. The number of hydrogen-bond acceptors (Lipinski definition) is 3. The predicted octanol–water partition coefficient (Wildman–Crippen LogP) is 5.69. The molecule has 0 heterocycles. The molecule has 0 amide bonds. The second kappa shape index (κ2) is 7.51. The normalized spacial score (nSPS) is 15.0. The minimum absolute atomic E-state index is 0.151. The van der Waals surface area contributed by atoms with Crippen molar-refractivity contribution in [3.63, 3.8) is 0 Å². The summed E-state index contributed by atoms with van der Waals surface area (Å²) in [7, 11) is 2.00. The number of non-ortho nitro benzene ring substituents is 1. The fourth-order valence-corrected chi connectivity index (χ4v) is 2.79. The van der Waals surface area contributed by atoms with Crippen LogP contribution in [0.15, 0.2) is 48.0 Å². The van der Waals surface area contributed by atoms with Crippen LogP contribution in [0.5, 0.6) is 0 Å². The van der Waals surface area contributed by atoms with E-state index in [4.69, 9.17) is 0 Å². The van der Waals surface area contributed by atoms with Crippen LogP contribution in [0.3, 0.4) is 0 Å². The molecule has 0 bridgehead atoms. The Kier molecular flexibility index (Phi) is 5.17. The summed E-state index contributed by atoms with van der Waals surface area (Å²) in [6, 6.07) is 13.3. The number of nitrogens with zero attached hydrogens (tertiary/aromatic N) is 1. The summed E-state index contributed by atoms with van der Waals surface area (Å²) in [5, 5.41) is 13.6. The molecule has 1 N–H and O–H groups in total. The van der Waals surface area contributed by atoms with Gasteiger partial charge in [-0.2, -0.15) is 0 Å². The van der Waals surface area contributed by atoms with E-state index >= 15 is 0 Å². The van der Waals surface area contributed by atoms with E-state index in [0.29, 0.717) is 0 Å². The van der Waals surface area contributed by atoms with E-state index in [-0.39, 0.29) is 10.6 Å². The number of aryl methyl sites for hydroxylation is 1. The third-order valence-electron chi connectivity index (χ3n) is 4.51. The van der Waals surface area contributed by atoms with Crippen molar-refractivity contribution in [3.8, 4) is 0 Å². The molecule has 2 aromatic rings. The van der Waals surface area contributed by atoms with Gasteiger partial charge >= 0.3 is 0 Å². The van der Waals surface area contributed by atoms with Gasteiger partial charge in [-0.1, -0.05) is 29.3 Å². The van der Waals surface area contributed by atoms with Crippen LogP contribution in [0.1, 0.15) is 48.3 Å². The van der Waals surface area contributed by atoms with Crippen LogP contribution >= 0.6 is 0 Å². The van der Waals surface area contributed by atoms with Gasteiger partial charge in [-0.25, -0.2) is 0 Å². The second-order valence-corrected chi connectivity index (χ2v) is 6.77. The highest BCUT2D eigenvalue weighted by Gasteiger charge is 2.25. The zero-order valence-electron chi connectivity index (χ0n) is 14.8. The van der Waals surface area contributed by atoms with E-state index in [1.807, 2.05) is 7.05 Å². The van der Waals surface area contributed by atoms with E-state index in [9.17, 15) is 10.1 Å². The maximum atomic E-state index is 10.3. The molecule has 0 atom stereocenters. The Morgan fingerprint density at radius 2 is 1.80 bits per heavy atom.